The third-order valence-corrected chi connectivity index (χ3v) is 14.1. The number of benzene rings is 11. The summed E-state index contributed by atoms with van der Waals surface area (Å²) in [4.78, 5) is 0. The van der Waals surface area contributed by atoms with Crippen LogP contribution < -0.4 is 0 Å². The van der Waals surface area contributed by atoms with E-state index < -0.39 is 0 Å². The molecule has 0 N–H and O–H groups in total. The average molecular weight is 842 g/mol. The van der Waals surface area contributed by atoms with Crippen LogP contribution >= 0.6 is 0 Å². The summed E-state index contributed by atoms with van der Waals surface area (Å²) < 4.78 is 2.18. The van der Waals surface area contributed by atoms with Crippen molar-refractivity contribution >= 4 is 43.1 Å². The van der Waals surface area contributed by atoms with Gasteiger partial charge in [0.2, 0.25) is 0 Å². The van der Waals surface area contributed by atoms with Gasteiger partial charge >= 0.3 is 0 Å². The van der Waals surface area contributed by atoms with Crippen LogP contribution in [0.15, 0.2) is 224 Å². The van der Waals surface area contributed by atoms with Gasteiger partial charge in [0.25, 0.3) is 0 Å². The highest BCUT2D eigenvalue weighted by Crippen LogP contribution is 2.53. The van der Waals surface area contributed by atoms with Crippen LogP contribution in [0.5, 0.6) is 0 Å². The first kappa shape index (κ1) is 38.1. The number of nitrogens with zero attached hydrogens (tertiary/aromatic N) is 3. The van der Waals surface area contributed by atoms with Gasteiger partial charge in [0.05, 0.1) is 0 Å². The maximum atomic E-state index is 4.76. The molecule has 1 aromatic heterocycles. The second-order valence-electron chi connectivity index (χ2n) is 18.2. The summed E-state index contributed by atoms with van der Waals surface area (Å²) in [7, 11) is 0. The lowest BCUT2D eigenvalue weighted by atomic mass is 9.79. The van der Waals surface area contributed by atoms with Crippen molar-refractivity contribution in [2.24, 2.45) is 0 Å². The van der Waals surface area contributed by atoms with Crippen molar-refractivity contribution in [1.82, 2.24) is 14.8 Å². The van der Waals surface area contributed by atoms with Crippen molar-refractivity contribution in [2.75, 3.05) is 0 Å². The smallest absolute Gasteiger partial charge is 0.168 e. The maximum absolute atomic E-state index is 4.76. The highest BCUT2D eigenvalue weighted by molar-refractivity contribution is 6.23. The van der Waals surface area contributed by atoms with Crippen molar-refractivity contribution in [2.45, 2.75) is 19.3 Å². The van der Waals surface area contributed by atoms with Gasteiger partial charge in [0, 0.05) is 22.2 Å². The van der Waals surface area contributed by atoms with Crippen LogP contribution in [0.3, 0.4) is 0 Å². The first-order valence-electron chi connectivity index (χ1n) is 22.8. The van der Waals surface area contributed by atoms with E-state index in [-0.39, 0.29) is 5.41 Å². The highest BCUT2D eigenvalue weighted by atomic mass is 15.3. The molecule has 1 aliphatic carbocycles. The van der Waals surface area contributed by atoms with E-state index in [1.54, 1.807) is 0 Å². The minimum atomic E-state index is -0.155. The molecule has 0 bridgehead atoms. The second kappa shape index (κ2) is 14.8. The van der Waals surface area contributed by atoms with Crippen molar-refractivity contribution in [3.05, 3.63) is 236 Å². The largest absolute Gasteiger partial charge is 0.275 e. The Balaban J connectivity index is 1.02. The van der Waals surface area contributed by atoms with E-state index in [2.05, 4.69) is 231 Å². The zero-order valence-corrected chi connectivity index (χ0v) is 36.7. The first-order chi connectivity index (χ1) is 32.5. The predicted molar refractivity (Wildman–Crippen MR) is 276 cm³/mol. The molecule has 0 atom stereocenters. The molecule has 1 aliphatic rings. The van der Waals surface area contributed by atoms with Crippen molar-refractivity contribution < 1.29 is 0 Å². The number of fused-ring (bicyclic) bond motifs is 7. The van der Waals surface area contributed by atoms with Crippen LogP contribution in [0.4, 0.5) is 0 Å². The maximum Gasteiger partial charge on any atom is 0.168 e. The Morgan fingerprint density at radius 1 is 0.318 bits per heavy atom. The molecule has 12 aromatic rings. The van der Waals surface area contributed by atoms with Crippen LogP contribution in [-0.4, -0.2) is 14.8 Å². The van der Waals surface area contributed by atoms with E-state index in [1.165, 1.54) is 93.2 Å². The third-order valence-electron chi connectivity index (χ3n) is 14.1. The first-order valence-corrected chi connectivity index (χ1v) is 22.8. The summed E-state index contributed by atoms with van der Waals surface area (Å²) in [6.07, 6.45) is 0. The van der Waals surface area contributed by atoms with Gasteiger partial charge in [-0.25, -0.2) is 0 Å². The summed E-state index contributed by atoms with van der Waals surface area (Å²) in [5.74, 6) is 1.61. The van der Waals surface area contributed by atoms with Crippen LogP contribution in [0.25, 0.3) is 116 Å². The molecule has 13 rings (SSSR count). The lowest BCUT2D eigenvalue weighted by Crippen LogP contribution is -2.14. The molecule has 0 radical (unpaired) electrons. The number of aromatic nitrogens is 3. The minimum Gasteiger partial charge on any atom is -0.275 e. The molecule has 0 aliphatic heterocycles. The van der Waals surface area contributed by atoms with Gasteiger partial charge < -0.3 is 0 Å². The Labute approximate surface area is 383 Å². The molecule has 0 unspecified atom stereocenters. The fourth-order valence-corrected chi connectivity index (χ4v) is 10.9. The summed E-state index contributed by atoms with van der Waals surface area (Å²) in [5.41, 5.74) is 15.6. The van der Waals surface area contributed by atoms with Gasteiger partial charge in [-0.05, 0) is 135 Å². The molecule has 1 heterocycles. The monoisotopic (exact) mass is 841 g/mol. The van der Waals surface area contributed by atoms with Crippen molar-refractivity contribution in [3.8, 4) is 73.0 Å². The molecule has 0 amide bonds. The normalized spacial score (nSPS) is 12.8. The van der Waals surface area contributed by atoms with E-state index in [9.17, 15) is 0 Å². The Bertz CT molecular complexity index is 3820. The van der Waals surface area contributed by atoms with Gasteiger partial charge in [0.1, 0.15) is 0 Å². The number of rotatable bonds is 6. The lowest BCUT2D eigenvalue weighted by Gasteiger charge is -2.24. The van der Waals surface area contributed by atoms with E-state index in [0.29, 0.717) is 0 Å². The highest BCUT2D eigenvalue weighted by Gasteiger charge is 2.36. The summed E-state index contributed by atoms with van der Waals surface area (Å²) in [6, 6.07) is 82.0. The molecule has 0 saturated heterocycles. The molecule has 3 nitrogen and oxygen atoms in total. The van der Waals surface area contributed by atoms with E-state index in [0.717, 1.165) is 34.0 Å². The number of hydrogen-bond acceptors (Lipinski definition) is 2. The van der Waals surface area contributed by atoms with Gasteiger partial charge in [-0.3, -0.25) is 4.57 Å². The molecule has 310 valence electrons. The minimum absolute atomic E-state index is 0.155. The average Bonchev–Trinajstić information content (AvgIpc) is 3.92. The SMILES string of the molecule is CC1(C)c2ccccc2-c2cc3c(-c4ccc(-n5c(-c6ccccc6)nnc5-c5ccccc5)cc4)c4ccccc4c(-c4ccc5cc(-c6cccc7ccccc67)ccc5c4)c3cc21. The Morgan fingerprint density at radius 3 is 1.53 bits per heavy atom. The Morgan fingerprint density at radius 2 is 0.833 bits per heavy atom. The zero-order chi connectivity index (χ0) is 43.9. The third kappa shape index (κ3) is 5.90. The predicted octanol–water partition coefficient (Wildman–Crippen LogP) is 16.5. The van der Waals surface area contributed by atoms with Gasteiger partial charge in [-0.2, -0.15) is 0 Å². The molecular formula is C63H43N3. The molecule has 0 fully saturated rings. The quantitative estimate of drug-likeness (QED) is 0.156. The van der Waals surface area contributed by atoms with E-state index in [1.807, 2.05) is 12.1 Å². The number of hydrogen-bond donors (Lipinski definition) is 0. The molecule has 3 heteroatoms. The van der Waals surface area contributed by atoms with Gasteiger partial charge in [-0.1, -0.05) is 202 Å². The standard InChI is InChI=1S/C63H43N3/c1-63(2)57-27-14-13-23-51(57)54-38-55-56(39-58(54)63)60(47-31-29-44-36-46(30-28-45(44)37-47)50-26-15-21-40-16-9-10-22-49(40)50)53-25-12-11-24-52(53)59(55)41-32-34-48(35-33-41)66-61(42-17-5-3-6-18-42)64-65-62(66)43-19-7-4-8-20-43/h3-39H,1-2H3. The summed E-state index contributed by atoms with van der Waals surface area (Å²) in [5, 5.41) is 19.5. The fourth-order valence-electron chi connectivity index (χ4n) is 10.9. The fraction of sp³-hybridized carbons (Fsp3) is 0.0476. The van der Waals surface area contributed by atoms with Crippen LogP contribution in [0, 0.1) is 0 Å². The van der Waals surface area contributed by atoms with Crippen LogP contribution in [0.2, 0.25) is 0 Å². The Kier molecular flexibility index (Phi) is 8.56. The second-order valence-corrected chi connectivity index (χ2v) is 18.2. The Hall–Kier alpha value is -8.40. The van der Waals surface area contributed by atoms with Crippen molar-refractivity contribution in [1.29, 1.82) is 0 Å². The van der Waals surface area contributed by atoms with E-state index >= 15 is 0 Å². The zero-order valence-electron chi connectivity index (χ0n) is 36.7. The van der Waals surface area contributed by atoms with Gasteiger partial charge in [0.15, 0.2) is 11.6 Å². The summed E-state index contributed by atoms with van der Waals surface area (Å²) >= 11 is 0. The molecular weight excluding hydrogens is 799 g/mol. The van der Waals surface area contributed by atoms with Crippen LogP contribution in [-0.2, 0) is 5.41 Å². The summed E-state index contributed by atoms with van der Waals surface area (Å²) in [6.45, 7) is 4.76. The topological polar surface area (TPSA) is 30.7 Å². The molecule has 66 heavy (non-hydrogen) atoms. The molecule has 0 spiro atoms. The van der Waals surface area contributed by atoms with Crippen molar-refractivity contribution in [3.63, 3.8) is 0 Å². The molecule has 11 aromatic carbocycles. The van der Waals surface area contributed by atoms with E-state index in [4.69, 9.17) is 10.2 Å². The van der Waals surface area contributed by atoms with Gasteiger partial charge in [-0.15, -0.1) is 10.2 Å². The lowest BCUT2D eigenvalue weighted by molar-refractivity contribution is 0.661. The molecule has 0 saturated carbocycles. The van der Waals surface area contributed by atoms with Crippen LogP contribution in [0.1, 0.15) is 25.0 Å².